The molecule has 48 heavy (non-hydrogen) atoms. The molecule has 7 aromatic rings. The topological polar surface area (TPSA) is 0 Å². The van der Waals surface area contributed by atoms with Gasteiger partial charge in [-0.25, -0.2) is 0 Å². The third-order valence-electron chi connectivity index (χ3n) is 12.5. The molecule has 214 valence electrons. The average molecular weight is 596 g/mol. The number of rotatable bonds is 2. The van der Waals surface area contributed by atoms with Crippen LogP contribution in [0.1, 0.15) is 0 Å². The molecule has 0 saturated heterocycles. The fraction of sp³-hybridized carbons (Fsp3) is 0. The second kappa shape index (κ2) is 11.5. The van der Waals surface area contributed by atoms with Gasteiger partial charge in [-0.15, -0.1) is 16.4 Å². The largest absolute Gasteiger partial charge is 0.140 e. The fourth-order valence-electron chi connectivity index (χ4n) is 8.61. The second-order valence-corrected chi connectivity index (χ2v) is 15.2. The Bertz CT molecular complexity index is 2540. The number of hydrogen-bond acceptors (Lipinski definition) is 0. The molecular formula is C34H36B14. The maximum atomic E-state index is 2.50. The van der Waals surface area contributed by atoms with Crippen molar-refractivity contribution in [2.24, 2.45) is 0 Å². The van der Waals surface area contributed by atoms with E-state index in [9.17, 15) is 0 Å². The maximum Gasteiger partial charge on any atom is 0.140 e. The quantitative estimate of drug-likeness (QED) is 0.138. The second-order valence-electron chi connectivity index (χ2n) is 15.2. The summed E-state index contributed by atoms with van der Waals surface area (Å²) in [6, 6.07) is 19.8. The van der Waals surface area contributed by atoms with Crippen molar-refractivity contribution in [2.75, 3.05) is 0 Å². The Hall–Kier alpha value is -3.51. The number of benzene rings is 7. The molecule has 0 fully saturated rings. The van der Waals surface area contributed by atoms with Gasteiger partial charge in [0.2, 0.25) is 0 Å². The first-order valence-corrected chi connectivity index (χ1v) is 17.6. The smallest absolute Gasteiger partial charge is 0.101 e. The summed E-state index contributed by atoms with van der Waals surface area (Å²) in [6.45, 7) is 0. The van der Waals surface area contributed by atoms with Gasteiger partial charge < -0.3 is 0 Å². The van der Waals surface area contributed by atoms with Crippen LogP contribution < -0.4 is 76.5 Å². The minimum Gasteiger partial charge on any atom is -0.101 e. The van der Waals surface area contributed by atoms with Gasteiger partial charge in [-0.2, -0.15) is 0 Å². The predicted octanol–water partition coefficient (Wildman–Crippen LogP) is -14.7. The van der Waals surface area contributed by atoms with Gasteiger partial charge in [-0.05, 0) is 71.4 Å². The number of hydrogen-bond donors (Lipinski definition) is 0. The minimum atomic E-state index is 1.31. The third-order valence-corrected chi connectivity index (χ3v) is 12.5. The van der Waals surface area contributed by atoms with Crippen LogP contribution in [0.5, 0.6) is 0 Å². The molecule has 0 nitrogen and oxygen atoms in total. The van der Waals surface area contributed by atoms with E-state index < -0.39 is 0 Å². The zero-order valence-corrected chi connectivity index (χ0v) is 31.6. The van der Waals surface area contributed by atoms with Crippen molar-refractivity contribution in [3.63, 3.8) is 0 Å². The first-order chi connectivity index (χ1) is 22.6. The summed E-state index contributed by atoms with van der Waals surface area (Å²) < 4.78 is 0. The molecule has 0 atom stereocenters. The Morgan fingerprint density at radius 2 is 0.688 bits per heavy atom. The van der Waals surface area contributed by atoms with Crippen LogP contribution in [-0.4, -0.2) is 110 Å². The molecule has 0 unspecified atom stereocenters. The van der Waals surface area contributed by atoms with Gasteiger partial charge in [0.25, 0.3) is 0 Å². The minimum absolute atomic E-state index is 1.31. The van der Waals surface area contributed by atoms with E-state index in [2.05, 4.69) is 158 Å². The molecule has 7 aromatic carbocycles. The molecule has 0 aliphatic rings. The number of fused-ring (bicyclic) bond motifs is 4. The van der Waals surface area contributed by atoms with Crippen LogP contribution in [0.2, 0.25) is 0 Å². The van der Waals surface area contributed by atoms with Crippen molar-refractivity contribution < 1.29 is 0 Å². The van der Waals surface area contributed by atoms with Crippen molar-refractivity contribution in [2.45, 2.75) is 0 Å². The molecule has 0 bridgehead atoms. The molecule has 0 aromatic heterocycles. The van der Waals surface area contributed by atoms with Crippen molar-refractivity contribution in [1.82, 2.24) is 0 Å². The van der Waals surface area contributed by atoms with Crippen LogP contribution in [0.25, 0.3) is 65.3 Å². The lowest BCUT2D eigenvalue weighted by atomic mass is 9.63. The lowest BCUT2D eigenvalue weighted by molar-refractivity contribution is 1.76. The summed E-state index contributed by atoms with van der Waals surface area (Å²) in [5.74, 6) is 0. The highest BCUT2D eigenvalue weighted by Crippen LogP contribution is 2.44. The average Bonchev–Trinajstić information content (AvgIpc) is 3.03. The van der Waals surface area contributed by atoms with Crippen molar-refractivity contribution in [3.05, 3.63) is 48.5 Å². The normalized spacial score (nSPS) is 11.7. The SMILES string of the molecule is Bc1cc2c(-c3cc(B)c4c(B)c(B)c(B)c(B)c4c3)c3cc(B)c(B)cc3c(-c3cc(B)c(B)c4c(B)c(B)c(B)cc34)c2cc1B. The van der Waals surface area contributed by atoms with Crippen LogP contribution in [0, 0.1) is 0 Å². The Morgan fingerprint density at radius 1 is 0.250 bits per heavy atom. The molecule has 0 aliphatic carbocycles. The fourth-order valence-corrected chi connectivity index (χ4v) is 8.61. The summed E-state index contributed by atoms with van der Waals surface area (Å²) in [5, 5.41) is 10.9. The van der Waals surface area contributed by atoms with Crippen molar-refractivity contribution in [1.29, 1.82) is 0 Å². The van der Waals surface area contributed by atoms with Gasteiger partial charge in [0, 0.05) is 0 Å². The maximum absolute atomic E-state index is 2.50. The Kier molecular flexibility index (Phi) is 7.93. The van der Waals surface area contributed by atoms with E-state index in [-0.39, 0.29) is 0 Å². The Balaban J connectivity index is 1.75. The van der Waals surface area contributed by atoms with Crippen molar-refractivity contribution >= 4 is 229 Å². The first kappa shape index (κ1) is 33.0. The molecular weight excluding hydrogens is 560 g/mol. The Morgan fingerprint density at radius 3 is 1.23 bits per heavy atom. The molecule has 14 heteroatoms. The molecule has 0 saturated carbocycles. The van der Waals surface area contributed by atoms with Gasteiger partial charge in [0.15, 0.2) is 0 Å². The van der Waals surface area contributed by atoms with E-state index in [0.29, 0.717) is 0 Å². The first-order valence-electron chi connectivity index (χ1n) is 17.6. The standard InChI is InChI=1S/C34H36B14/c35-17-3-10-12(5-19(17)37)25(14-7-22(40)29(43)27-15(14)8-23(41)30(44)32(27)46)13-6-20(38)18(36)4-11(13)24(10)9-1-16-26(21(39)2-9)31(45)34(48)33(47)28(16)42/h1-8H,35-48H2. The van der Waals surface area contributed by atoms with Gasteiger partial charge in [0.05, 0.1) is 0 Å². The highest BCUT2D eigenvalue weighted by molar-refractivity contribution is 6.68. The molecule has 0 radical (unpaired) electrons. The summed E-state index contributed by atoms with van der Waals surface area (Å²) >= 11 is 0. The van der Waals surface area contributed by atoms with E-state index in [4.69, 9.17) is 0 Å². The van der Waals surface area contributed by atoms with Crippen molar-refractivity contribution in [3.8, 4) is 22.3 Å². The summed E-state index contributed by atoms with van der Waals surface area (Å²) in [7, 11) is 32.0. The van der Waals surface area contributed by atoms with Crippen LogP contribution in [-0.2, 0) is 0 Å². The molecule has 0 heterocycles. The van der Waals surface area contributed by atoms with Gasteiger partial charge in [-0.1, -0.05) is 103 Å². The molecule has 0 N–H and O–H groups in total. The molecule has 7 rings (SSSR count). The van der Waals surface area contributed by atoms with Crippen LogP contribution in [0.4, 0.5) is 0 Å². The third kappa shape index (κ3) is 4.72. The van der Waals surface area contributed by atoms with Crippen LogP contribution in [0.3, 0.4) is 0 Å². The Labute approximate surface area is 298 Å². The molecule has 0 amide bonds. The summed E-state index contributed by atoms with van der Waals surface area (Å²) in [5.41, 5.74) is 24.6. The van der Waals surface area contributed by atoms with Gasteiger partial charge >= 0.3 is 0 Å². The van der Waals surface area contributed by atoms with E-state index in [1.54, 1.807) is 0 Å². The lowest BCUT2D eigenvalue weighted by Crippen LogP contribution is -2.49. The summed E-state index contributed by atoms with van der Waals surface area (Å²) in [4.78, 5) is 0. The van der Waals surface area contributed by atoms with Gasteiger partial charge in [0.1, 0.15) is 110 Å². The van der Waals surface area contributed by atoms with E-state index >= 15 is 0 Å². The van der Waals surface area contributed by atoms with Crippen LogP contribution in [0.15, 0.2) is 48.5 Å². The monoisotopic (exact) mass is 598 g/mol. The zero-order valence-electron chi connectivity index (χ0n) is 31.6. The predicted molar refractivity (Wildman–Crippen MR) is 262 cm³/mol. The highest BCUT2D eigenvalue weighted by atomic mass is 14.2. The molecule has 0 aliphatic heterocycles. The van der Waals surface area contributed by atoms with E-state index in [0.717, 1.165) is 0 Å². The van der Waals surface area contributed by atoms with E-state index in [1.807, 2.05) is 0 Å². The molecule has 0 spiro atoms. The van der Waals surface area contributed by atoms with E-state index in [1.165, 1.54) is 142 Å². The summed E-state index contributed by atoms with van der Waals surface area (Å²) in [6.07, 6.45) is 0. The highest BCUT2D eigenvalue weighted by Gasteiger charge is 2.23. The zero-order chi connectivity index (χ0) is 34.7. The van der Waals surface area contributed by atoms with Crippen LogP contribution >= 0.6 is 0 Å². The lowest BCUT2D eigenvalue weighted by Gasteiger charge is -2.24. The van der Waals surface area contributed by atoms with Gasteiger partial charge in [-0.3, -0.25) is 0 Å².